The smallest absolute Gasteiger partial charge is 0.252 e. The van der Waals surface area contributed by atoms with E-state index in [9.17, 15) is 9.59 Å². The van der Waals surface area contributed by atoms with Gasteiger partial charge in [0.2, 0.25) is 0 Å². The van der Waals surface area contributed by atoms with Gasteiger partial charge in [-0.3, -0.25) is 4.79 Å². The molecule has 2 rings (SSSR count). The van der Waals surface area contributed by atoms with Crippen LogP contribution in [0.3, 0.4) is 0 Å². The van der Waals surface area contributed by atoms with Gasteiger partial charge in [0.25, 0.3) is 5.91 Å². The molecule has 0 unspecified atom stereocenters. The summed E-state index contributed by atoms with van der Waals surface area (Å²) < 4.78 is 0.830. The van der Waals surface area contributed by atoms with Crippen molar-refractivity contribution < 1.29 is 9.59 Å². The summed E-state index contributed by atoms with van der Waals surface area (Å²) in [7, 11) is 0. The van der Waals surface area contributed by atoms with E-state index in [0.717, 1.165) is 21.9 Å². The molecule has 0 atom stereocenters. The van der Waals surface area contributed by atoms with E-state index < -0.39 is 5.54 Å². The Labute approximate surface area is 102 Å². The van der Waals surface area contributed by atoms with Gasteiger partial charge in [-0.25, -0.2) is 0 Å². The lowest BCUT2D eigenvalue weighted by Crippen LogP contribution is -2.33. The molecule has 0 bridgehead atoms. The number of aldehydes is 1. The minimum absolute atomic E-state index is 0.0755. The SMILES string of the molecule is CC1(C)NC(=O)c2cc(Br)cc(CC=O)c21. The Hall–Kier alpha value is -1.16. The molecule has 1 aromatic rings. The first kappa shape index (κ1) is 11.3. The number of rotatable bonds is 2. The zero-order valence-corrected chi connectivity index (χ0v) is 10.7. The summed E-state index contributed by atoms with van der Waals surface area (Å²) in [4.78, 5) is 22.4. The zero-order chi connectivity index (χ0) is 11.9. The minimum atomic E-state index is -0.397. The molecule has 0 fully saturated rings. The number of nitrogens with one attached hydrogen (secondary N) is 1. The second-order valence-electron chi connectivity index (χ2n) is 4.44. The van der Waals surface area contributed by atoms with Crippen molar-refractivity contribution in [3.05, 3.63) is 33.3 Å². The largest absolute Gasteiger partial charge is 0.343 e. The highest BCUT2D eigenvalue weighted by Crippen LogP contribution is 2.35. The fourth-order valence-electron chi connectivity index (χ4n) is 2.24. The molecule has 3 nitrogen and oxygen atoms in total. The van der Waals surface area contributed by atoms with E-state index in [2.05, 4.69) is 21.2 Å². The molecule has 0 saturated heterocycles. The van der Waals surface area contributed by atoms with E-state index in [4.69, 9.17) is 0 Å². The van der Waals surface area contributed by atoms with E-state index >= 15 is 0 Å². The van der Waals surface area contributed by atoms with E-state index in [0.29, 0.717) is 12.0 Å². The Kier molecular flexibility index (Phi) is 2.62. The monoisotopic (exact) mass is 281 g/mol. The van der Waals surface area contributed by atoms with Crippen LogP contribution in [0.15, 0.2) is 16.6 Å². The van der Waals surface area contributed by atoms with Crippen LogP contribution in [0.5, 0.6) is 0 Å². The van der Waals surface area contributed by atoms with Gasteiger partial charge < -0.3 is 10.1 Å². The maximum Gasteiger partial charge on any atom is 0.252 e. The number of hydrogen-bond acceptors (Lipinski definition) is 2. The van der Waals surface area contributed by atoms with Gasteiger partial charge in [-0.1, -0.05) is 15.9 Å². The minimum Gasteiger partial charge on any atom is -0.343 e. The lowest BCUT2D eigenvalue weighted by molar-refractivity contribution is -0.107. The molecule has 1 heterocycles. The molecule has 0 aromatic heterocycles. The highest BCUT2D eigenvalue weighted by atomic mass is 79.9. The molecule has 1 amide bonds. The summed E-state index contributed by atoms with van der Waals surface area (Å²) in [5, 5.41) is 2.91. The van der Waals surface area contributed by atoms with Gasteiger partial charge >= 0.3 is 0 Å². The van der Waals surface area contributed by atoms with Crippen LogP contribution < -0.4 is 5.32 Å². The Morgan fingerprint density at radius 2 is 2.12 bits per heavy atom. The van der Waals surface area contributed by atoms with Gasteiger partial charge in [0.05, 0.1) is 5.54 Å². The fourth-order valence-corrected chi connectivity index (χ4v) is 2.75. The summed E-state index contributed by atoms with van der Waals surface area (Å²) in [5.74, 6) is -0.0755. The van der Waals surface area contributed by atoms with E-state index in [-0.39, 0.29) is 5.91 Å². The van der Waals surface area contributed by atoms with E-state index in [1.54, 1.807) is 6.07 Å². The standard InChI is InChI=1S/C12H12BrNO2/c1-12(2)10-7(3-4-15)5-8(13)6-9(10)11(16)14-12/h4-6H,3H2,1-2H3,(H,14,16). The van der Waals surface area contributed by atoms with Gasteiger partial charge in [0, 0.05) is 16.5 Å². The molecule has 0 saturated carbocycles. The number of halogens is 1. The first-order valence-electron chi connectivity index (χ1n) is 5.05. The average Bonchev–Trinajstić information content (AvgIpc) is 2.37. The zero-order valence-electron chi connectivity index (χ0n) is 9.13. The van der Waals surface area contributed by atoms with Crippen molar-refractivity contribution in [1.29, 1.82) is 0 Å². The Morgan fingerprint density at radius 3 is 2.75 bits per heavy atom. The number of fused-ring (bicyclic) bond motifs is 1. The summed E-state index contributed by atoms with van der Waals surface area (Å²) in [6.07, 6.45) is 1.20. The molecule has 16 heavy (non-hydrogen) atoms. The van der Waals surface area contributed by atoms with Crippen LogP contribution in [-0.4, -0.2) is 12.2 Å². The Morgan fingerprint density at radius 1 is 1.44 bits per heavy atom. The van der Waals surface area contributed by atoms with Gasteiger partial charge in [-0.2, -0.15) is 0 Å². The first-order valence-corrected chi connectivity index (χ1v) is 5.84. The highest BCUT2D eigenvalue weighted by molar-refractivity contribution is 9.10. The number of carbonyl (C=O) groups is 2. The molecule has 4 heteroatoms. The molecule has 0 aliphatic carbocycles. The lowest BCUT2D eigenvalue weighted by Gasteiger charge is -2.21. The van der Waals surface area contributed by atoms with Gasteiger partial charge in [0.15, 0.2) is 0 Å². The van der Waals surface area contributed by atoms with Crippen LogP contribution in [0.4, 0.5) is 0 Å². The summed E-state index contributed by atoms with van der Waals surface area (Å²) >= 11 is 3.35. The van der Waals surface area contributed by atoms with Crippen molar-refractivity contribution in [1.82, 2.24) is 5.32 Å². The van der Waals surface area contributed by atoms with Gasteiger partial charge in [0.1, 0.15) is 6.29 Å². The van der Waals surface area contributed by atoms with Crippen LogP contribution >= 0.6 is 15.9 Å². The predicted octanol–water partition coefficient (Wildman–Crippen LogP) is 2.17. The van der Waals surface area contributed by atoms with Gasteiger partial charge in [-0.15, -0.1) is 0 Å². The van der Waals surface area contributed by atoms with Crippen LogP contribution in [0, 0.1) is 0 Å². The first-order chi connectivity index (χ1) is 7.45. The van der Waals surface area contributed by atoms with Gasteiger partial charge in [-0.05, 0) is 37.1 Å². The molecule has 0 radical (unpaired) electrons. The molecular weight excluding hydrogens is 270 g/mol. The van der Waals surface area contributed by atoms with Crippen molar-refractivity contribution >= 4 is 28.1 Å². The molecule has 1 aromatic carbocycles. The topological polar surface area (TPSA) is 46.2 Å². The average molecular weight is 282 g/mol. The van der Waals surface area contributed by atoms with Crippen molar-refractivity contribution in [2.24, 2.45) is 0 Å². The summed E-state index contributed by atoms with van der Waals surface area (Å²) in [5.41, 5.74) is 2.11. The van der Waals surface area contributed by atoms with E-state index in [1.807, 2.05) is 19.9 Å². The number of amides is 1. The highest BCUT2D eigenvalue weighted by Gasteiger charge is 2.37. The number of hydrogen-bond donors (Lipinski definition) is 1. The van der Waals surface area contributed by atoms with E-state index in [1.165, 1.54) is 0 Å². The molecular formula is C12H12BrNO2. The molecule has 0 spiro atoms. The Balaban J connectivity index is 2.69. The van der Waals surface area contributed by atoms with Crippen molar-refractivity contribution in [3.63, 3.8) is 0 Å². The van der Waals surface area contributed by atoms with Crippen LogP contribution in [-0.2, 0) is 16.8 Å². The normalized spacial score (nSPS) is 16.8. The third-order valence-corrected chi connectivity index (χ3v) is 3.24. The van der Waals surface area contributed by atoms with Crippen molar-refractivity contribution in [2.45, 2.75) is 25.8 Å². The molecule has 1 N–H and O–H groups in total. The predicted molar refractivity (Wildman–Crippen MR) is 64.4 cm³/mol. The van der Waals surface area contributed by atoms with Crippen molar-refractivity contribution in [2.75, 3.05) is 0 Å². The quantitative estimate of drug-likeness (QED) is 0.845. The maximum absolute atomic E-state index is 11.8. The number of benzene rings is 1. The number of carbonyl (C=O) groups excluding carboxylic acids is 2. The fraction of sp³-hybridized carbons (Fsp3) is 0.333. The van der Waals surface area contributed by atoms with Crippen molar-refractivity contribution in [3.8, 4) is 0 Å². The van der Waals surface area contributed by atoms with Crippen LogP contribution in [0.1, 0.15) is 35.3 Å². The molecule has 1 aliphatic rings. The second-order valence-corrected chi connectivity index (χ2v) is 5.35. The Bertz CT molecular complexity index is 480. The van der Waals surface area contributed by atoms with Crippen LogP contribution in [0.2, 0.25) is 0 Å². The summed E-state index contributed by atoms with van der Waals surface area (Å²) in [6.45, 7) is 3.89. The lowest BCUT2D eigenvalue weighted by atomic mass is 9.89. The maximum atomic E-state index is 11.8. The second kappa shape index (κ2) is 3.70. The third kappa shape index (κ3) is 1.67. The summed E-state index contributed by atoms with van der Waals surface area (Å²) in [6, 6.07) is 3.70. The molecule has 84 valence electrons. The molecule has 1 aliphatic heterocycles. The third-order valence-electron chi connectivity index (χ3n) is 2.78. The van der Waals surface area contributed by atoms with Crippen LogP contribution in [0.25, 0.3) is 0 Å².